The van der Waals surface area contributed by atoms with Gasteiger partial charge < -0.3 is 14.6 Å². The summed E-state index contributed by atoms with van der Waals surface area (Å²) >= 11 is 1.67. The molecule has 166 valence electrons. The van der Waals surface area contributed by atoms with E-state index >= 15 is 0 Å². The van der Waals surface area contributed by atoms with Gasteiger partial charge in [-0.25, -0.2) is 13.8 Å². The standard InChI is InChI=1S/C25H20F2N3OS.U/c1-25(26,27)17-7-12-22-21(13-17)29-24(28-18-8-10-19(31-2)11-9-18)30(22)14-16-15-32-23-6-4-3-5-20(16)23;/h4-13,15H,14H2,1-2H3,(H,28,29);/q-1;. The second-order valence-corrected chi connectivity index (χ2v) is 8.56. The van der Waals surface area contributed by atoms with Crippen molar-refractivity contribution in [3.05, 3.63) is 83.2 Å². The Balaban J connectivity index is 0.00000259. The van der Waals surface area contributed by atoms with E-state index in [0.717, 1.165) is 34.8 Å². The van der Waals surface area contributed by atoms with Gasteiger partial charge in [0.1, 0.15) is 5.75 Å². The Kier molecular flexibility index (Phi) is 6.81. The van der Waals surface area contributed by atoms with Crippen molar-refractivity contribution >= 4 is 44.1 Å². The number of imidazole rings is 1. The van der Waals surface area contributed by atoms with Crippen LogP contribution in [-0.2, 0) is 12.5 Å². The van der Waals surface area contributed by atoms with Gasteiger partial charge in [0.15, 0.2) is 0 Å². The van der Waals surface area contributed by atoms with E-state index in [1.165, 1.54) is 16.8 Å². The van der Waals surface area contributed by atoms with Crippen LogP contribution in [0.1, 0.15) is 18.1 Å². The minimum atomic E-state index is -2.93. The predicted octanol–water partition coefficient (Wildman–Crippen LogP) is 6.96. The number of anilines is 2. The molecule has 0 unspecified atom stereocenters. The molecule has 3 aromatic carbocycles. The maximum Gasteiger partial charge on any atom is 0.270 e. The SMILES string of the molecule is COc1ccc(Nc2nc3cc(C(C)(F)F)ccc3n2Cc2csc3cc[c-]cc23)cc1.[U]. The van der Waals surface area contributed by atoms with Crippen LogP contribution in [0.25, 0.3) is 21.1 Å². The zero-order valence-corrected chi connectivity index (χ0v) is 23.0. The zero-order chi connectivity index (χ0) is 22.3. The van der Waals surface area contributed by atoms with E-state index in [1.807, 2.05) is 47.0 Å². The Hall–Kier alpha value is -2.40. The largest absolute Gasteiger partial charge is 0.497 e. The summed E-state index contributed by atoms with van der Waals surface area (Å²) < 4.78 is 36.3. The molecule has 2 heterocycles. The van der Waals surface area contributed by atoms with Crippen molar-refractivity contribution < 1.29 is 44.6 Å². The summed E-state index contributed by atoms with van der Waals surface area (Å²) in [5.74, 6) is -1.60. The number of nitrogens with zero attached hydrogens (tertiary/aromatic N) is 2. The van der Waals surface area contributed by atoms with Gasteiger partial charge in [0.2, 0.25) is 5.95 Å². The van der Waals surface area contributed by atoms with Gasteiger partial charge in [-0.05, 0) is 41.8 Å². The molecule has 2 aromatic heterocycles. The molecule has 4 nitrogen and oxygen atoms in total. The number of hydrogen-bond donors (Lipinski definition) is 1. The van der Waals surface area contributed by atoms with Crippen molar-refractivity contribution in [1.29, 1.82) is 0 Å². The number of rotatable bonds is 6. The van der Waals surface area contributed by atoms with Crippen LogP contribution >= 0.6 is 11.3 Å². The van der Waals surface area contributed by atoms with Crippen LogP contribution in [0.4, 0.5) is 20.4 Å². The van der Waals surface area contributed by atoms with E-state index in [9.17, 15) is 8.78 Å². The molecule has 0 aliphatic carbocycles. The summed E-state index contributed by atoms with van der Waals surface area (Å²) in [5.41, 5.74) is 3.20. The summed E-state index contributed by atoms with van der Waals surface area (Å²) in [6, 6.07) is 21.2. The van der Waals surface area contributed by atoms with E-state index < -0.39 is 5.92 Å². The first kappa shape index (κ1) is 23.7. The minimum absolute atomic E-state index is 0. The number of hydrogen-bond acceptors (Lipinski definition) is 4. The molecule has 0 aliphatic heterocycles. The number of fused-ring (bicyclic) bond motifs is 2. The fourth-order valence-corrected chi connectivity index (χ4v) is 4.66. The number of aromatic nitrogens is 2. The van der Waals surface area contributed by atoms with Gasteiger partial charge in [-0.3, -0.25) is 0 Å². The van der Waals surface area contributed by atoms with Crippen LogP contribution in [-0.4, -0.2) is 16.7 Å². The number of alkyl halides is 2. The molecule has 0 amide bonds. The van der Waals surface area contributed by atoms with E-state index in [1.54, 1.807) is 24.5 Å². The van der Waals surface area contributed by atoms with Crippen LogP contribution in [0, 0.1) is 37.2 Å². The van der Waals surface area contributed by atoms with Crippen molar-refractivity contribution in [2.24, 2.45) is 0 Å². The molecule has 0 bridgehead atoms. The summed E-state index contributed by atoms with van der Waals surface area (Å²) in [5, 5.41) is 6.59. The molecule has 33 heavy (non-hydrogen) atoms. The Morgan fingerprint density at radius 1 is 1.15 bits per heavy atom. The molecule has 0 spiro atoms. The van der Waals surface area contributed by atoms with Crippen molar-refractivity contribution in [2.45, 2.75) is 19.4 Å². The van der Waals surface area contributed by atoms with Crippen molar-refractivity contribution in [1.82, 2.24) is 9.55 Å². The average molecular weight is 687 g/mol. The van der Waals surface area contributed by atoms with Crippen LogP contribution in [0.15, 0.2) is 66.0 Å². The predicted molar refractivity (Wildman–Crippen MR) is 125 cm³/mol. The number of halogens is 2. The number of benzene rings is 3. The molecule has 5 aromatic rings. The van der Waals surface area contributed by atoms with Gasteiger partial charge >= 0.3 is 0 Å². The normalized spacial score (nSPS) is 11.5. The fraction of sp³-hybridized carbons (Fsp3) is 0.160. The molecular weight excluding hydrogens is 666 g/mol. The Morgan fingerprint density at radius 2 is 1.94 bits per heavy atom. The summed E-state index contributed by atoms with van der Waals surface area (Å²) in [4.78, 5) is 4.67. The van der Waals surface area contributed by atoms with Crippen molar-refractivity contribution in [2.75, 3.05) is 12.4 Å². The molecule has 0 aliphatic rings. The summed E-state index contributed by atoms with van der Waals surface area (Å²) in [6.07, 6.45) is 0. The first-order valence-corrected chi connectivity index (χ1v) is 11.0. The van der Waals surface area contributed by atoms with E-state index in [-0.39, 0.29) is 36.7 Å². The van der Waals surface area contributed by atoms with Gasteiger partial charge in [0.25, 0.3) is 5.92 Å². The molecular formula is C25H20F2N3OSU-. The van der Waals surface area contributed by atoms with Crippen molar-refractivity contribution in [3.63, 3.8) is 0 Å². The maximum absolute atomic E-state index is 13.9. The second kappa shape index (κ2) is 9.46. The van der Waals surface area contributed by atoms with Gasteiger partial charge in [0.05, 0.1) is 18.1 Å². The van der Waals surface area contributed by atoms with E-state index in [2.05, 4.69) is 21.7 Å². The van der Waals surface area contributed by atoms with Crippen LogP contribution in [0.2, 0.25) is 0 Å². The van der Waals surface area contributed by atoms with E-state index in [0.29, 0.717) is 18.0 Å². The third-order valence-corrected chi connectivity index (χ3v) is 6.44. The van der Waals surface area contributed by atoms with Crippen molar-refractivity contribution in [3.8, 4) is 5.75 Å². The third kappa shape index (κ3) is 4.79. The molecule has 0 atom stereocenters. The number of methoxy groups -OCH3 is 1. The molecule has 5 rings (SSSR count). The first-order valence-electron chi connectivity index (χ1n) is 10.1. The second-order valence-electron chi connectivity index (χ2n) is 7.65. The molecule has 0 saturated heterocycles. The van der Waals surface area contributed by atoms with Gasteiger partial charge in [-0.1, -0.05) is 16.3 Å². The summed E-state index contributed by atoms with van der Waals surface area (Å²) in [6.45, 7) is 1.45. The first-order chi connectivity index (χ1) is 15.4. The van der Waals surface area contributed by atoms with E-state index in [4.69, 9.17) is 4.74 Å². The summed E-state index contributed by atoms with van der Waals surface area (Å²) in [7, 11) is 1.62. The number of thiophene rings is 1. The molecule has 1 N–H and O–H groups in total. The number of nitrogens with one attached hydrogen (secondary N) is 1. The zero-order valence-electron chi connectivity index (χ0n) is 18.0. The number of ether oxygens (including phenoxy) is 1. The van der Waals surface area contributed by atoms with Crippen LogP contribution in [0.3, 0.4) is 0 Å². The third-order valence-electron chi connectivity index (χ3n) is 5.43. The van der Waals surface area contributed by atoms with Crippen LogP contribution < -0.4 is 10.1 Å². The smallest absolute Gasteiger partial charge is 0.270 e. The monoisotopic (exact) mass is 686 g/mol. The molecule has 0 fully saturated rings. The maximum atomic E-state index is 13.9. The fourth-order valence-electron chi connectivity index (χ4n) is 3.72. The molecule has 0 saturated carbocycles. The molecule has 8 heteroatoms. The van der Waals surface area contributed by atoms with Crippen LogP contribution in [0.5, 0.6) is 5.75 Å². The van der Waals surface area contributed by atoms with Gasteiger partial charge in [0, 0.05) is 55.8 Å². The Morgan fingerprint density at radius 3 is 2.67 bits per heavy atom. The van der Waals surface area contributed by atoms with Gasteiger partial charge in [-0.2, -0.15) is 35.6 Å². The molecule has 0 radical (unpaired) electrons. The minimum Gasteiger partial charge on any atom is -0.497 e. The Bertz CT molecular complexity index is 1410. The topological polar surface area (TPSA) is 39.1 Å². The average Bonchev–Trinajstić information content (AvgIpc) is 3.35. The Labute approximate surface area is 218 Å². The quantitative estimate of drug-likeness (QED) is 0.197. The van der Waals surface area contributed by atoms with Gasteiger partial charge in [-0.15, -0.1) is 5.39 Å².